The van der Waals surface area contributed by atoms with E-state index in [9.17, 15) is 0 Å². The maximum atomic E-state index is 5.24. The Labute approximate surface area is 184 Å². The molecule has 6 heteroatoms. The summed E-state index contributed by atoms with van der Waals surface area (Å²) in [6.07, 6.45) is 5.18. The number of nitrogens with one attached hydrogen (secondary N) is 1. The molecule has 1 aliphatic rings. The number of ether oxygens (including phenoxy) is 1. The van der Waals surface area contributed by atoms with E-state index in [1.54, 1.807) is 7.11 Å². The number of likely N-dealkylation sites (N-methyl/N-ethyl adjacent to an activating group) is 1. The second kappa shape index (κ2) is 10.4. The summed E-state index contributed by atoms with van der Waals surface area (Å²) in [5, 5.41) is 3.53. The molecule has 0 amide bonds. The molecule has 0 unspecified atom stereocenters. The van der Waals surface area contributed by atoms with Crippen molar-refractivity contribution in [1.82, 2.24) is 19.8 Å². The summed E-state index contributed by atoms with van der Waals surface area (Å²) < 4.78 is 5.24. The number of aromatic nitrogens is 2. The minimum Gasteiger partial charge on any atom is -0.497 e. The highest BCUT2D eigenvalue weighted by molar-refractivity contribution is 5.81. The zero-order valence-electron chi connectivity index (χ0n) is 18.4. The van der Waals surface area contributed by atoms with Gasteiger partial charge in [-0.1, -0.05) is 30.3 Å². The van der Waals surface area contributed by atoms with Gasteiger partial charge in [0, 0.05) is 32.7 Å². The van der Waals surface area contributed by atoms with Gasteiger partial charge in [-0.25, -0.2) is 9.97 Å². The van der Waals surface area contributed by atoms with Crippen LogP contribution in [0.15, 0.2) is 48.5 Å². The van der Waals surface area contributed by atoms with Gasteiger partial charge >= 0.3 is 0 Å². The highest BCUT2D eigenvalue weighted by atomic mass is 16.5. The van der Waals surface area contributed by atoms with Crippen molar-refractivity contribution in [3.05, 3.63) is 59.8 Å². The lowest BCUT2D eigenvalue weighted by atomic mass is 10.2. The molecule has 1 aliphatic heterocycles. The molecule has 3 aromatic rings. The summed E-state index contributed by atoms with van der Waals surface area (Å²) in [4.78, 5) is 14.6. The zero-order valence-corrected chi connectivity index (χ0v) is 18.4. The standard InChI is InChI=1S/C25H31N5O/c1-29-16-18-30(19-17-29)15-5-14-26-25-24(27-22-6-3-4-7-23(22)28-25)13-10-20-8-11-21(31-2)12-9-20/h3-4,6-13H,5,14-19H2,1-2H3,(H,26,28)/b13-10+. The van der Waals surface area contributed by atoms with Gasteiger partial charge in [0.1, 0.15) is 11.4 Å². The van der Waals surface area contributed by atoms with Crippen LogP contribution in [0.25, 0.3) is 23.2 Å². The molecular formula is C25H31N5O. The quantitative estimate of drug-likeness (QED) is 0.562. The number of methoxy groups -OCH3 is 1. The number of hydrogen-bond donors (Lipinski definition) is 1. The van der Waals surface area contributed by atoms with E-state index in [2.05, 4.69) is 28.2 Å². The Bertz CT molecular complexity index is 1010. The van der Waals surface area contributed by atoms with Gasteiger partial charge in [0.05, 0.1) is 18.1 Å². The molecule has 2 aromatic carbocycles. The maximum Gasteiger partial charge on any atom is 0.152 e. The van der Waals surface area contributed by atoms with Crippen molar-refractivity contribution < 1.29 is 4.74 Å². The van der Waals surface area contributed by atoms with E-state index >= 15 is 0 Å². The first kappa shape index (κ1) is 21.3. The Kier molecular flexibility index (Phi) is 7.12. The molecule has 0 aliphatic carbocycles. The molecule has 1 fully saturated rings. The Balaban J connectivity index is 1.44. The molecule has 1 aromatic heterocycles. The maximum absolute atomic E-state index is 5.24. The summed E-state index contributed by atoms with van der Waals surface area (Å²) in [5.41, 5.74) is 3.76. The third-order valence-electron chi connectivity index (χ3n) is 5.69. The molecular weight excluding hydrogens is 386 g/mol. The topological polar surface area (TPSA) is 53.5 Å². The third-order valence-corrected chi connectivity index (χ3v) is 5.69. The molecule has 1 N–H and O–H groups in total. The van der Waals surface area contributed by atoms with Crippen LogP contribution in [0, 0.1) is 0 Å². The normalized spacial score (nSPS) is 15.5. The van der Waals surface area contributed by atoms with Crippen LogP contribution >= 0.6 is 0 Å². The second-order valence-electron chi connectivity index (χ2n) is 7.98. The largest absolute Gasteiger partial charge is 0.497 e. The molecule has 2 heterocycles. The Morgan fingerprint density at radius 3 is 2.35 bits per heavy atom. The smallest absolute Gasteiger partial charge is 0.152 e. The van der Waals surface area contributed by atoms with Crippen molar-refractivity contribution in [1.29, 1.82) is 0 Å². The lowest BCUT2D eigenvalue weighted by molar-refractivity contribution is 0.154. The SMILES string of the molecule is COc1ccc(/C=C/c2nc3ccccc3nc2NCCCN2CCN(C)CC2)cc1. The van der Waals surface area contributed by atoms with Crippen LogP contribution in [0.1, 0.15) is 17.7 Å². The van der Waals surface area contributed by atoms with Gasteiger partial charge in [0.25, 0.3) is 0 Å². The van der Waals surface area contributed by atoms with Gasteiger partial charge in [-0.05, 0) is 55.9 Å². The van der Waals surface area contributed by atoms with Crippen molar-refractivity contribution in [2.24, 2.45) is 0 Å². The number of para-hydroxylation sites is 2. The van der Waals surface area contributed by atoms with Crippen LogP contribution in [-0.2, 0) is 0 Å². The van der Waals surface area contributed by atoms with Gasteiger partial charge in [-0.3, -0.25) is 0 Å². The van der Waals surface area contributed by atoms with E-state index in [4.69, 9.17) is 14.7 Å². The van der Waals surface area contributed by atoms with Crippen LogP contribution in [0.5, 0.6) is 5.75 Å². The van der Waals surface area contributed by atoms with E-state index in [-0.39, 0.29) is 0 Å². The number of benzene rings is 2. The van der Waals surface area contributed by atoms with E-state index < -0.39 is 0 Å². The fourth-order valence-electron chi connectivity index (χ4n) is 3.73. The summed E-state index contributed by atoms with van der Waals surface area (Å²) in [6.45, 7) is 6.61. The fraction of sp³-hybridized carbons (Fsp3) is 0.360. The minimum atomic E-state index is 0.835. The molecule has 162 valence electrons. The highest BCUT2D eigenvalue weighted by Crippen LogP contribution is 2.20. The monoisotopic (exact) mass is 417 g/mol. The Morgan fingerprint density at radius 2 is 1.65 bits per heavy atom. The lowest BCUT2D eigenvalue weighted by Crippen LogP contribution is -2.44. The Morgan fingerprint density at radius 1 is 0.935 bits per heavy atom. The number of fused-ring (bicyclic) bond motifs is 1. The van der Waals surface area contributed by atoms with Gasteiger partial charge in [0.2, 0.25) is 0 Å². The van der Waals surface area contributed by atoms with Gasteiger partial charge in [-0.2, -0.15) is 0 Å². The first-order valence-electron chi connectivity index (χ1n) is 10.9. The minimum absolute atomic E-state index is 0.835. The lowest BCUT2D eigenvalue weighted by Gasteiger charge is -2.32. The van der Waals surface area contributed by atoms with Crippen LogP contribution < -0.4 is 10.1 Å². The van der Waals surface area contributed by atoms with Crippen molar-refractivity contribution in [3.63, 3.8) is 0 Å². The van der Waals surface area contributed by atoms with Crippen molar-refractivity contribution in [2.75, 3.05) is 58.7 Å². The van der Waals surface area contributed by atoms with E-state index in [1.165, 1.54) is 0 Å². The van der Waals surface area contributed by atoms with E-state index in [0.717, 1.165) is 79.5 Å². The van der Waals surface area contributed by atoms with Crippen LogP contribution in [0.4, 0.5) is 5.82 Å². The van der Waals surface area contributed by atoms with Crippen molar-refractivity contribution in [2.45, 2.75) is 6.42 Å². The van der Waals surface area contributed by atoms with Crippen molar-refractivity contribution >= 4 is 29.0 Å². The summed E-state index contributed by atoms with van der Waals surface area (Å²) >= 11 is 0. The van der Waals surface area contributed by atoms with Gasteiger partial charge in [-0.15, -0.1) is 0 Å². The summed E-state index contributed by atoms with van der Waals surface area (Å²) in [7, 11) is 3.87. The average Bonchev–Trinajstić information content (AvgIpc) is 2.81. The first-order valence-corrected chi connectivity index (χ1v) is 10.9. The van der Waals surface area contributed by atoms with Crippen LogP contribution in [0.2, 0.25) is 0 Å². The number of piperazine rings is 1. The molecule has 0 spiro atoms. The number of anilines is 1. The summed E-state index contributed by atoms with van der Waals surface area (Å²) in [6, 6.07) is 16.0. The first-order chi connectivity index (χ1) is 15.2. The zero-order chi connectivity index (χ0) is 21.5. The van der Waals surface area contributed by atoms with Gasteiger partial charge < -0.3 is 19.9 Å². The van der Waals surface area contributed by atoms with Gasteiger partial charge in [0.15, 0.2) is 5.82 Å². The van der Waals surface area contributed by atoms with Crippen LogP contribution in [-0.4, -0.2) is 73.2 Å². The molecule has 0 saturated carbocycles. The predicted octanol–water partition coefficient (Wildman–Crippen LogP) is 3.86. The molecule has 31 heavy (non-hydrogen) atoms. The predicted molar refractivity (Wildman–Crippen MR) is 129 cm³/mol. The number of rotatable bonds is 8. The van der Waals surface area contributed by atoms with E-state index in [1.807, 2.05) is 54.6 Å². The molecule has 0 radical (unpaired) electrons. The molecule has 0 atom stereocenters. The Hall–Kier alpha value is -2.96. The molecule has 4 rings (SSSR count). The average molecular weight is 418 g/mol. The third kappa shape index (κ3) is 5.81. The number of hydrogen-bond acceptors (Lipinski definition) is 6. The summed E-state index contributed by atoms with van der Waals surface area (Å²) in [5.74, 6) is 1.69. The van der Waals surface area contributed by atoms with Crippen molar-refractivity contribution in [3.8, 4) is 5.75 Å². The highest BCUT2D eigenvalue weighted by Gasteiger charge is 2.13. The van der Waals surface area contributed by atoms with E-state index in [0.29, 0.717) is 0 Å². The molecule has 6 nitrogen and oxygen atoms in total. The van der Waals surface area contributed by atoms with Crippen LogP contribution in [0.3, 0.4) is 0 Å². The molecule has 1 saturated heterocycles. The fourth-order valence-corrected chi connectivity index (χ4v) is 3.73. The second-order valence-corrected chi connectivity index (χ2v) is 7.98. The molecule has 0 bridgehead atoms. The number of nitrogens with zero attached hydrogens (tertiary/aromatic N) is 4.